The van der Waals surface area contributed by atoms with E-state index in [0.717, 1.165) is 5.56 Å². The standard InChI is InChI=1S/C18H15F4N5.C2H6/c19-15-6-5-11(7-23-15)8-24-17-25-14-4-2-1-3-13(14)16(26-17)27-9-12(10-27)18(20,21)22;1-2/h1-7,12H,8-10H2,(H,24,25,26);1-2H3. The molecule has 1 aliphatic heterocycles. The van der Waals surface area contributed by atoms with Gasteiger partial charge in [-0.2, -0.15) is 22.5 Å². The summed E-state index contributed by atoms with van der Waals surface area (Å²) in [6, 6.07) is 10.0. The number of hydrogen-bond acceptors (Lipinski definition) is 5. The minimum Gasteiger partial charge on any atom is -0.355 e. The number of nitrogens with one attached hydrogen (secondary N) is 1. The van der Waals surface area contributed by atoms with Crippen LogP contribution in [0, 0.1) is 11.9 Å². The molecule has 0 amide bonds. The Bertz CT molecular complexity index is 953. The molecular weight excluding hydrogens is 386 g/mol. The Morgan fingerprint density at radius 1 is 1.07 bits per heavy atom. The van der Waals surface area contributed by atoms with E-state index in [-0.39, 0.29) is 13.1 Å². The molecule has 9 heteroatoms. The van der Waals surface area contributed by atoms with E-state index >= 15 is 0 Å². The Hall–Kier alpha value is -2.97. The van der Waals surface area contributed by atoms with Crippen LogP contribution in [0.4, 0.5) is 29.3 Å². The Kier molecular flexibility index (Phi) is 6.14. The van der Waals surface area contributed by atoms with Gasteiger partial charge in [0.25, 0.3) is 0 Å². The van der Waals surface area contributed by atoms with Crippen LogP contribution < -0.4 is 10.2 Å². The van der Waals surface area contributed by atoms with E-state index in [0.29, 0.717) is 29.2 Å². The third kappa shape index (κ3) is 4.72. The number of para-hydroxylation sites is 1. The van der Waals surface area contributed by atoms with Crippen molar-refractivity contribution in [1.29, 1.82) is 0 Å². The summed E-state index contributed by atoms with van der Waals surface area (Å²) in [6.45, 7) is 4.08. The van der Waals surface area contributed by atoms with Crippen molar-refractivity contribution in [3.8, 4) is 0 Å². The summed E-state index contributed by atoms with van der Waals surface area (Å²) in [5.74, 6) is -1.14. The summed E-state index contributed by atoms with van der Waals surface area (Å²) < 4.78 is 51.3. The van der Waals surface area contributed by atoms with Crippen LogP contribution in [-0.4, -0.2) is 34.2 Å². The summed E-state index contributed by atoms with van der Waals surface area (Å²) in [5.41, 5.74) is 1.37. The van der Waals surface area contributed by atoms with Crippen LogP contribution in [0.1, 0.15) is 19.4 Å². The molecule has 1 N–H and O–H groups in total. The maximum Gasteiger partial charge on any atom is 0.395 e. The number of aromatic nitrogens is 3. The van der Waals surface area contributed by atoms with Crippen molar-refractivity contribution >= 4 is 22.7 Å². The molecule has 0 radical (unpaired) electrons. The van der Waals surface area contributed by atoms with Crippen molar-refractivity contribution in [2.24, 2.45) is 5.92 Å². The maximum atomic E-state index is 12.9. The second-order valence-electron chi connectivity index (χ2n) is 6.37. The van der Waals surface area contributed by atoms with E-state index in [9.17, 15) is 17.6 Å². The Morgan fingerprint density at radius 3 is 2.45 bits per heavy atom. The monoisotopic (exact) mass is 407 g/mol. The van der Waals surface area contributed by atoms with Crippen molar-refractivity contribution in [3.63, 3.8) is 0 Å². The predicted molar refractivity (Wildman–Crippen MR) is 104 cm³/mol. The third-order valence-corrected chi connectivity index (χ3v) is 4.47. The number of nitrogens with zero attached hydrogens (tertiary/aromatic N) is 4. The van der Waals surface area contributed by atoms with E-state index in [1.807, 2.05) is 13.8 Å². The Balaban J connectivity index is 0.00000117. The lowest BCUT2D eigenvalue weighted by atomic mass is 9.99. The highest BCUT2D eigenvalue weighted by Crippen LogP contribution is 2.37. The van der Waals surface area contributed by atoms with Crippen molar-refractivity contribution in [2.75, 3.05) is 23.3 Å². The van der Waals surface area contributed by atoms with Gasteiger partial charge in [-0.3, -0.25) is 0 Å². The molecule has 154 valence electrons. The van der Waals surface area contributed by atoms with Crippen molar-refractivity contribution in [3.05, 3.63) is 54.1 Å². The van der Waals surface area contributed by atoms with Gasteiger partial charge in [0.05, 0.1) is 11.4 Å². The molecule has 0 spiro atoms. The van der Waals surface area contributed by atoms with Crippen LogP contribution in [0.5, 0.6) is 0 Å². The average molecular weight is 407 g/mol. The first-order valence-corrected chi connectivity index (χ1v) is 9.33. The van der Waals surface area contributed by atoms with Crippen LogP contribution in [0.2, 0.25) is 0 Å². The van der Waals surface area contributed by atoms with Crippen LogP contribution in [0.3, 0.4) is 0 Å². The van der Waals surface area contributed by atoms with Gasteiger partial charge in [-0.1, -0.05) is 32.0 Å². The largest absolute Gasteiger partial charge is 0.395 e. The van der Waals surface area contributed by atoms with E-state index in [1.165, 1.54) is 12.3 Å². The molecular formula is C20H21F4N5. The van der Waals surface area contributed by atoms with Gasteiger partial charge in [0.15, 0.2) is 0 Å². The van der Waals surface area contributed by atoms with Gasteiger partial charge in [-0.15, -0.1) is 0 Å². The minimum atomic E-state index is -4.20. The molecule has 1 saturated heterocycles. The van der Waals surface area contributed by atoms with Crippen molar-refractivity contribution < 1.29 is 17.6 Å². The highest BCUT2D eigenvalue weighted by molar-refractivity contribution is 5.90. The molecule has 0 saturated carbocycles. The summed E-state index contributed by atoms with van der Waals surface area (Å²) in [6.07, 6.45) is -2.80. The van der Waals surface area contributed by atoms with Crippen LogP contribution in [0.25, 0.3) is 10.9 Å². The third-order valence-electron chi connectivity index (χ3n) is 4.47. The second kappa shape index (κ2) is 8.59. The molecule has 1 aromatic carbocycles. The van der Waals surface area contributed by atoms with Gasteiger partial charge in [-0.05, 0) is 23.8 Å². The lowest BCUT2D eigenvalue weighted by Crippen LogP contribution is -2.53. The molecule has 0 bridgehead atoms. The number of anilines is 2. The summed E-state index contributed by atoms with van der Waals surface area (Å²) in [5, 5.41) is 3.72. The Labute approximate surface area is 165 Å². The smallest absolute Gasteiger partial charge is 0.355 e. The highest BCUT2D eigenvalue weighted by atomic mass is 19.4. The van der Waals surface area contributed by atoms with Crippen molar-refractivity contribution in [1.82, 2.24) is 15.0 Å². The fraction of sp³-hybridized carbons (Fsp3) is 0.350. The number of rotatable bonds is 4. The molecule has 0 aliphatic carbocycles. The number of benzene rings is 1. The van der Waals surface area contributed by atoms with Gasteiger partial charge < -0.3 is 10.2 Å². The SMILES string of the molecule is CC.Fc1ccc(CNc2nc(N3CC(C(F)(F)F)C3)c3ccccc3n2)cn1. The minimum absolute atomic E-state index is 0.119. The zero-order valence-corrected chi connectivity index (χ0v) is 16.0. The van der Waals surface area contributed by atoms with Gasteiger partial charge in [0.1, 0.15) is 5.82 Å². The molecule has 4 rings (SSSR count). The van der Waals surface area contributed by atoms with E-state index < -0.39 is 18.0 Å². The van der Waals surface area contributed by atoms with Gasteiger partial charge in [0.2, 0.25) is 11.9 Å². The second-order valence-corrected chi connectivity index (χ2v) is 6.37. The maximum absolute atomic E-state index is 12.9. The molecule has 0 unspecified atom stereocenters. The first-order chi connectivity index (χ1) is 13.9. The van der Waals surface area contributed by atoms with E-state index in [2.05, 4.69) is 20.3 Å². The molecule has 1 aliphatic rings. The molecule has 3 heterocycles. The first kappa shape index (κ1) is 20.8. The summed E-state index contributed by atoms with van der Waals surface area (Å²) in [7, 11) is 0. The molecule has 1 fully saturated rings. The molecule has 2 aromatic heterocycles. The topological polar surface area (TPSA) is 53.9 Å². The van der Waals surface area contributed by atoms with Gasteiger partial charge in [0, 0.05) is 31.2 Å². The van der Waals surface area contributed by atoms with Crippen LogP contribution in [-0.2, 0) is 6.54 Å². The van der Waals surface area contributed by atoms with E-state index in [4.69, 9.17) is 0 Å². The number of hydrogen-bond donors (Lipinski definition) is 1. The fourth-order valence-electron chi connectivity index (χ4n) is 2.93. The number of alkyl halides is 3. The number of halogens is 4. The first-order valence-electron chi connectivity index (χ1n) is 9.33. The lowest BCUT2D eigenvalue weighted by molar-refractivity contribution is -0.180. The number of fused-ring (bicyclic) bond motifs is 1. The molecule has 29 heavy (non-hydrogen) atoms. The number of pyridine rings is 1. The highest BCUT2D eigenvalue weighted by Gasteiger charge is 2.47. The summed E-state index contributed by atoms with van der Waals surface area (Å²) >= 11 is 0. The zero-order chi connectivity index (χ0) is 21.0. The Morgan fingerprint density at radius 2 is 1.79 bits per heavy atom. The predicted octanol–water partition coefficient (Wildman–Crippen LogP) is 4.80. The van der Waals surface area contributed by atoms with Crippen LogP contribution in [0.15, 0.2) is 42.6 Å². The molecule has 0 atom stereocenters. The van der Waals surface area contributed by atoms with Gasteiger partial charge >= 0.3 is 6.18 Å². The molecule has 3 aromatic rings. The average Bonchev–Trinajstić information content (AvgIpc) is 2.67. The lowest BCUT2D eigenvalue weighted by Gasteiger charge is -2.41. The molecule has 5 nitrogen and oxygen atoms in total. The normalized spacial score (nSPS) is 14.2. The van der Waals surface area contributed by atoms with Gasteiger partial charge in [-0.25, -0.2) is 9.97 Å². The zero-order valence-electron chi connectivity index (χ0n) is 16.0. The quantitative estimate of drug-likeness (QED) is 0.497. The van der Waals surface area contributed by atoms with Crippen LogP contribution >= 0.6 is 0 Å². The summed E-state index contributed by atoms with van der Waals surface area (Å²) in [4.78, 5) is 14.0. The van der Waals surface area contributed by atoms with E-state index in [1.54, 1.807) is 35.2 Å². The fourth-order valence-corrected chi connectivity index (χ4v) is 2.93. The van der Waals surface area contributed by atoms with Crippen molar-refractivity contribution in [2.45, 2.75) is 26.6 Å².